The normalized spacial score (nSPS) is 17.0. The van der Waals surface area contributed by atoms with E-state index >= 15 is 0 Å². The van der Waals surface area contributed by atoms with Gasteiger partial charge in [-0.15, -0.1) is 0 Å². The van der Waals surface area contributed by atoms with Crippen LogP contribution in [0.2, 0.25) is 0 Å². The Kier molecular flexibility index (Phi) is 4.37. The van der Waals surface area contributed by atoms with Gasteiger partial charge in [0.25, 0.3) is 0 Å². The number of para-hydroxylation sites is 1. The lowest BCUT2D eigenvalue weighted by molar-refractivity contribution is -0.120. The van der Waals surface area contributed by atoms with Gasteiger partial charge in [0.15, 0.2) is 0 Å². The van der Waals surface area contributed by atoms with Crippen molar-refractivity contribution in [3.05, 3.63) is 30.3 Å². The number of benzene rings is 1. The minimum Gasteiger partial charge on any atom is -0.320 e. The van der Waals surface area contributed by atoms with Crippen molar-refractivity contribution in [1.82, 2.24) is 0 Å². The van der Waals surface area contributed by atoms with E-state index in [4.69, 9.17) is 5.73 Å². The molecule has 1 aliphatic rings. The lowest BCUT2D eigenvalue weighted by Gasteiger charge is -2.33. The van der Waals surface area contributed by atoms with Crippen molar-refractivity contribution in [3.63, 3.8) is 0 Å². The lowest BCUT2D eigenvalue weighted by Crippen LogP contribution is -2.46. The zero-order valence-corrected chi connectivity index (χ0v) is 11.0. The number of carbonyl (C=O) groups is 1. The second-order valence-electron chi connectivity index (χ2n) is 5.10. The molecular formula is C15H22N2O. The number of anilines is 1. The summed E-state index contributed by atoms with van der Waals surface area (Å²) in [4.78, 5) is 14.2. The first-order chi connectivity index (χ1) is 8.72. The fraction of sp³-hybridized carbons (Fsp3) is 0.533. The summed E-state index contributed by atoms with van der Waals surface area (Å²) in [5.41, 5.74) is 6.87. The van der Waals surface area contributed by atoms with E-state index in [0.29, 0.717) is 12.3 Å². The number of rotatable bonds is 5. The topological polar surface area (TPSA) is 46.3 Å². The van der Waals surface area contributed by atoms with Crippen LogP contribution in [0.1, 0.15) is 32.6 Å². The lowest BCUT2D eigenvalue weighted by atomic mass is 9.85. The van der Waals surface area contributed by atoms with Gasteiger partial charge < -0.3 is 10.6 Å². The van der Waals surface area contributed by atoms with Gasteiger partial charge in [-0.1, -0.05) is 31.5 Å². The molecule has 0 saturated heterocycles. The molecule has 18 heavy (non-hydrogen) atoms. The van der Waals surface area contributed by atoms with E-state index in [2.05, 4.69) is 0 Å². The van der Waals surface area contributed by atoms with Crippen LogP contribution in [0.4, 0.5) is 5.69 Å². The van der Waals surface area contributed by atoms with E-state index in [1.165, 1.54) is 19.3 Å². The number of nitrogens with two attached hydrogens (primary N) is 1. The van der Waals surface area contributed by atoms with E-state index < -0.39 is 0 Å². The fourth-order valence-electron chi connectivity index (χ4n) is 2.24. The first kappa shape index (κ1) is 13.1. The zero-order valence-electron chi connectivity index (χ0n) is 11.0. The van der Waals surface area contributed by atoms with Gasteiger partial charge in [0.05, 0.1) is 6.04 Å². The molecule has 0 aromatic heterocycles. The average Bonchev–Trinajstić information content (AvgIpc) is 2.37. The maximum absolute atomic E-state index is 12.4. The molecular weight excluding hydrogens is 224 g/mol. The van der Waals surface area contributed by atoms with E-state index in [1.807, 2.05) is 42.2 Å². The van der Waals surface area contributed by atoms with Crippen LogP contribution >= 0.6 is 0 Å². The van der Waals surface area contributed by atoms with Gasteiger partial charge in [-0.3, -0.25) is 4.79 Å². The third-order valence-corrected chi connectivity index (χ3v) is 3.76. The van der Waals surface area contributed by atoms with Crippen LogP contribution in [0.5, 0.6) is 0 Å². The van der Waals surface area contributed by atoms with E-state index in [-0.39, 0.29) is 11.9 Å². The Morgan fingerprint density at radius 3 is 2.56 bits per heavy atom. The molecule has 2 N–H and O–H groups in total. The summed E-state index contributed by atoms with van der Waals surface area (Å²) >= 11 is 0. The molecule has 0 radical (unpaired) electrons. The van der Waals surface area contributed by atoms with E-state index in [9.17, 15) is 4.79 Å². The molecule has 98 valence electrons. The summed E-state index contributed by atoms with van der Waals surface area (Å²) in [5.74, 6) is 0.703. The van der Waals surface area contributed by atoms with Crippen LogP contribution < -0.4 is 10.6 Å². The number of amides is 1. The van der Waals surface area contributed by atoms with Crippen molar-refractivity contribution in [1.29, 1.82) is 0 Å². The van der Waals surface area contributed by atoms with Gasteiger partial charge in [0.1, 0.15) is 0 Å². The molecule has 1 fully saturated rings. The van der Waals surface area contributed by atoms with Crippen molar-refractivity contribution in [2.45, 2.75) is 38.6 Å². The number of nitrogens with zero attached hydrogens (tertiary/aromatic N) is 1. The summed E-state index contributed by atoms with van der Waals surface area (Å²) in [7, 11) is 0. The largest absolute Gasteiger partial charge is 0.320 e. The summed E-state index contributed by atoms with van der Waals surface area (Å²) in [5, 5.41) is 0. The predicted octanol–water partition coefficient (Wildman–Crippen LogP) is 2.56. The molecule has 3 heteroatoms. The van der Waals surface area contributed by atoms with Crippen molar-refractivity contribution in [3.8, 4) is 0 Å². The molecule has 1 aromatic carbocycles. The van der Waals surface area contributed by atoms with Crippen molar-refractivity contribution >= 4 is 11.6 Å². The molecule has 1 saturated carbocycles. The maximum atomic E-state index is 12.4. The van der Waals surface area contributed by atoms with Gasteiger partial charge in [-0.2, -0.15) is 0 Å². The Bertz CT molecular complexity index is 387. The van der Waals surface area contributed by atoms with Gasteiger partial charge in [0, 0.05) is 12.2 Å². The van der Waals surface area contributed by atoms with Crippen molar-refractivity contribution in [2.75, 3.05) is 11.4 Å². The first-order valence-electron chi connectivity index (χ1n) is 6.84. The summed E-state index contributed by atoms with van der Waals surface area (Å²) < 4.78 is 0. The Morgan fingerprint density at radius 1 is 1.39 bits per heavy atom. The smallest absolute Gasteiger partial charge is 0.243 e. The van der Waals surface area contributed by atoms with Crippen LogP contribution in [0.25, 0.3) is 0 Å². The third-order valence-electron chi connectivity index (χ3n) is 3.76. The monoisotopic (exact) mass is 246 g/mol. The van der Waals surface area contributed by atoms with E-state index in [1.54, 1.807) is 0 Å². The Balaban J connectivity index is 2.14. The summed E-state index contributed by atoms with van der Waals surface area (Å²) in [6, 6.07) is 9.49. The highest BCUT2D eigenvalue weighted by Gasteiger charge is 2.26. The molecule has 0 unspecified atom stereocenters. The maximum Gasteiger partial charge on any atom is 0.243 e. The van der Waals surface area contributed by atoms with Crippen LogP contribution in [-0.2, 0) is 4.79 Å². The number of carbonyl (C=O) groups excluding carboxylic acids is 1. The van der Waals surface area contributed by atoms with Crippen LogP contribution in [0, 0.1) is 5.92 Å². The highest BCUT2D eigenvalue weighted by Crippen LogP contribution is 2.29. The Hall–Kier alpha value is -1.35. The average molecular weight is 246 g/mol. The summed E-state index contributed by atoms with van der Waals surface area (Å²) in [6.07, 6.45) is 4.45. The number of hydrogen-bond donors (Lipinski definition) is 1. The molecule has 1 atom stereocenters. The van der Waals surface area contributed by atoms with Crippen molar-refractivity contribution in [2.24, 2.45) is 11.7 Å². The highest BCUT2D eigenvalue weighted by molar-refractivity contribution is 5.97. The zero-order chi connectivity index (χ0) is 13.0. The molecule has 1 aliphatic carbocycles. The SMILES string of the molecule is CC[C@H](N)C(=O)N(CC1CCC1)c1ccccc1. The molecule has 2 rings (SSSR count). The highest BCUT2D eigenvalue weighted by atomic mass is 16.2. The second kappa shape index (κ2) is 6.01. The molecule has 1 amide bonds. The molecule has 0 bridgehead atoms. The minimum atomic E-state index is -0.384. The fourth-order valence-corrected chi connectivity index (χ4v) is 2.24. The predicted molar refractivity (Wildman–Crippen MR) is 74.4 cm³/mol. The Morgan fingerprint density at radius 2 is 2.06 bits per heavy atom. The van der Waals surface area contributed by atoms with Crippen LogP contribution in [-0.4, -0.2) is 18.5 Å². The molecule has 1 aromatic rings. The van der Waals surface area contributed by atoms with Crippen LogP contribution in [0.15, 0.2) is 30.3 Å². The van der Waals surface area contributed by atoms with Gasteiger partial charge in [-0.25, -0.2) is 0 Å². The summed E-state index contributed by atoms with van der Waals surface area (Å²) in [6.45, 7) is 2.77. The first-order valence-corrected chi connectivity index (χ1v) is 6.84. The van der Waals surface area contributed by atoms with Crippen molar-refractivity contribution < 1.29 is 4.79 Å². The van der Waals surface area contributed by atoms with Gasteiger partial charge in [0.2, 0.25) is 5.91 Å². The van der Waals surface area contributed by atoms with Gasteiger partial charge >= 0.3 is 0 Å². The molecule has 0 spiro atoms. The second-order valence-corrected chi connectivity index (χ2v) is 5.10. The van der Waals surface area contributed by atoms with Crippen LogP contribution in [0.3, 0.4) is 0 Å². The quantitative estimate of drug-likeness (QED) is 0.868. The molecule has 3 nitrogen and oxygen atoms in total. The minimum absolute atomic E-state index is 0.0515. The molecule has 0 heterocycles. The van der Waals surface area contributed by atoms with E-state index in [0.717, 1.165) is 12.2 Å². The third kappa shape index (κ3) is 2.91. The van der Waals surface area contributed by atoms with Gasteiger partial charge in [-0.05, 0) is 37.3 Å². The number of hydrogen-bond acceptors (Lipinski definition) is 2. The Labute approximate surface area is 109 Å². The standard InChI is InChI=1S/C15H22N2O/c1-2-14(16)15(18)17(11-12-7-6-8-12)13-9-4-3-5-10-13/h3-5,9-10,12,14H,2,6-8,11,16H2,1H3/t14-/m0/s1. The molecule has 0 aliphatic heterocycles.